The average Bonchev–Trinajstić information content (AvgIpc) is 2.29. The van der Waals surface area contributed by atoms with E-state index >= 15 is 0 Å². The monoisotopic (exact) mass is 248 g/mol. The van der Waals surface area contributed by atoms with Gasteiger partial charge in [0.1, 0.15) is 0 Å². The summed E-state index contributed by atoms with van der Waals surface area (Å²) in [6.07, 6.45) is 0. The second-order valence-corrected chi connectivity index (χ2v) is 4.95. The van der Waals surface area contributed by atoms with Crippen LogP contribution in [0.25, 0.3) is 0 Å². The smallest absolute Gasteiger partial charge is 0.250 e. The maximum atomic E-state index is 11.5. The third-order valence-electron chi connectivity index (χ3n) is 3.43. The lowest BCUT2D eigenvalue weighted by Crippen LogP contribution is -2.51. The molecule has 0 aromatic heterocycles. The van der Waals surface area contributed by atoms with Crippen LogP contribution in [-0.2, 0) is 0 Å². The Hall–Kier alpha value is -1.75. The van der Waals surface area contributed by atoms with E-state index < -0.39 is 5.91 Å². The fourth-order valence-corrected chi connectivity index (χ4v) is 2.50. The van der Waals surface area contributed by atoms with E-state index in [9.17, 15) is 4.79 Å². The zero-order valence-corrected chi connectivity index (χ0v) is 10.9. The average molecular weight is 248 g/mol. The summed E-state index contributed by atoms with van der Waals surface area (Å²) < 4.78 is 0. The van der Waals surface area contributed by atoms with E-state index in [0.717, 1.165) is 25.3 Å². The molecule has 1 amide bonds. The molecule has 1 saturated heterocycles. The number of piperazine rings is 1. The normalized spacial score (nSPS) is 21.0. The fraction of sp³-hybridized carbons (Fsp3) is 0.462. The van der Waals surface area contributed by atoms with Crippen molar-refractivity contribution in [3.63, 3.8) is 0 Å². The minimum atomic E-state index is -0.427. The Morgan fingerprint density at radius 3 is 2.72 bits per heavy atom. The third kappa shape index (κ3) is 2.41. The van der Waals surface area contributed by atoms with Crippen molar-refractivity contribution in [2.45, 2.75) is 13.0 Å². The lowest BCUT2D eigenvalue weighted by molar-refractivity contribution is 0.100. The topological polar surface area (TPSA) is 75.6 Å². The molecular formula is C13H20N4O. The van der Waals surface area contributed by atoms with Crippen molar-refractivity contribution in [1.82, 2.24) is 4.90 Å². The van der Waals surface area contributed by atoms with Crippen molar-refractivity contribution in [3.8, 4) is 0 Å². The summed E-state index contributed by atoms with van der Waals surface area (Å²) >= 11 is 0. The molecule has 0 spiro atoms. The SMILES string of the molecule is CC1CN(C)CCN1c1ccc(N)cc1C(N)=O. The highest BCUT2D eigenvalue weighted by molar-refractivity contribution is 5.99. The molecule has 1 aromatic carbocycles. The second-order valence-electron chi connectivity index (χ2n) is 4.95. The van der Waals surface area contributed by atoms with Gasteiger partial charge in [-0.3, -0.25) is 4.79 Å². The largest absolute Gasteiger partial charge is 0.399 e. The molecule has 1 aliphatic heterocycles. The molecule has 1 heterocycles. The van der Waals surface area contributed by atoms with E-state index in [4.69, 9.17) is 11.5 Å². The molecule has 98 valence electrons. The van der Waals surface area contributed by atoms with Crippen molar-refractivity contribution < 1.29 is 4.79 Å². The minimum Gasteiger partial charge on any atom is -0.399 e. The molecule has 1 atom stereocenters. The molecule has 18 heavy (non-hydrogen) atoms. The van der Waals surface area contributed by atoms with Crippen molar-refractivity contribution >= 4 is 17.3 Å². The molecule has 1 aliphatic rings. The standard InChI is InChI=1S/C13H20N4O/c1-9-8-16(2)5-6-17(9)12-4-3-10(14)7-11(12)13(15)18/h3-4,7,9H,5-6,8,14H2,1-2H3,(H2,15,18). The maximum Gasteiger partial charge on any atom is 0.250 e. The van der Waals surface area contributed by atoms with Gasteiger partial charge in [-0.25, -0.2) is 0 Å². The highest BCUT2D eigenvalue weighted by Crippen LogP contribution is 2.26. The molecule has 1 unspecified atom stereocenters. The number of benzene rings is 1. The number of anilines is 2. The number of nitrogen functional groups attached to an aromatic ring is 1. The molecule has 2 rings (SSSR count). The number of hydrogen-bond acceptors (Lipinski definition) is 4. The van der Waals surface area contributed by atoms with Gasteiger partial charge in [0.05, 0.1) is 5.56 Å². The van der Waals surface area contributed by atoms with Gasteiger partial charge in [0.15, 0.2) is 0 Å². The van der Waals surface area contributed by atoms with Gasteiger partial charge in [-0.2, -0.15) is 0 Å². The Labute approximate surface area is 107 Å². The summed E-state index contributed by atoms with van der Waals surface area (Å²) in [6, 6.07) is 5.71. The van der Waals surface area contributed by atoms with Crippen molar-refractivity contribution in [2.75, 3.05) is 37.3 Å². The number of nitrogens with two attached hydrogens (primary N) is 2. The Morgan fingerprint density at radius 2 is 2.11 bits per heavy atom. The number of rotatable bonds is 2. The van der Waals surface area contributed by atoms with Crippen LogP contribution in [0.3, 0.4) is 0 Å². The first-order valence-electron chi connectivity index (χ1n) is 6.13. The van der Waals surface area contributed by atoms with E-state index in [0.29, 0.717) is 17.3 Å². The first-order valence-corrected chi connectivity index (χ1v) is 6.13. The molecular weight excluding hydrogens is 228 g/mol. The predicted octanol–water partition coefficient (Wildman–Crippen LogP) is 0.508. The second kappa shape index (κ2) is 4.86. The zero-order valence-electron chi connectivity index (χ0n) is 10.9. The first-order chi connectivity index (χ1) is 8.49. The summed E-state index contributed by atoms with van der Waals surface area (Å²) in [7, 11) is 2.10. The van der Waals surface area contributed by atoms with E-state index in [2.05, 4.69) is 23.8 Å². The zero-order chi connectivity index (χ0) is 13.3. The van der Waals surface area contributed by atoms with Crippen LogP contribution in [0.1, 0.15) is 17.3 Å². The number of primary amides is 1. The van der Waals surface area contributed by atoms with Crippen LogP contribution in [0.15, 0.2) is 18.2 Å². The van der Waals surface area contributed by atoms with Crippen LogP contribution < -0.4 is 16.4 Å². The maximum absolute atomic E-state index is 11.5. The highest BCUT2D eigenvalue weighted by Gasteiger charge is 2.24. The first kappa shape index (κ1) is 12.7. The molecule has 4 N–H and O–H groups in total. The summed E-state index contributed by atoms with van der Waals surface area (Å²) in [5, 5.41) is 0. The summed E-state index contributed by atoms with van der Waals surface area (Å²) in [6.45, 7) is 4.99. The van der Waals surface area contributed by atoms with Crippen LogP contribution in [0.2, 0.25) is 0 Å². The van der Waals surface area contributed by atoms with Gasteiger partial charge < -0.3 is 21.3 Å². The van der Waals surface area contributed by atoms with E-state index in [-0.39, 0.29) is 0 Å². The summed E-state index contributed by atoms with van der Waals surface area (Å²) in [5.41, 5.74) is 13.1. The minimum absolute atomic E-state index is 0.352. The van der Waals surface area contributed by atoms with E-state index in [1.807, 2.05) is 12.1 Å². The third-order valence-corrected chi connectivity index (χ3v) is 3.43. The van der Waals surface area contributed by atoms with Gasteiger partial charge >= 0.3 is 0 Å². The van der Waals surface area contributed by atoms with Crippen molar-refractivity contribution in [1.29, 1.82) is 0 Å². The van der Waals surface area contributed by atoms with Gasteiger partial charge in [0.25, 0.3) is 5.91 Å². The van der Waals surface area contributed by atoms with Gasteiger partial charge in [0, 0.05) is 37.1 Å². The number of amides is 1. The molecule has 1 aromatic rings. The summed E-state index contributed by atoms with van der Waals surface area (Å²) in [4.78, 5) is 16.0. The van der Waals surface area contributed by atoms with E-state index in [1.54, 1.807) is 6.07 Å². The van der Waals surface area contributed by atoms with Crippen LogP contribution in [0, 0.1) is 0 Å². The number of nitrogens with zero attached hydrogens (tertiary/aromatic N) is 2. The van der Waals surface area contributed by atoms with E-state index in [1.165, 1.54) is 0 Å². The lowest BCUT2D eigenvalue weighted by atomic mass is 10.1. The predicted molar refractivity (Wildman–Crippen MR) is 73.7 cm³/mol. The van der Waals surface area contributed by atoms with Crippen LogP contribution in [-0.4, -0.2) is 43.5 Å². The molecule has 5 heteroatoms. The number of carbonyl (C=O) groups excluding carboxylic acids is 1. The summed E-state index contributed by atoms with van der Waals surface area (Å²) in [5.74, 6) is -0.427. The van der Waals surface area contributed by atoms with Gasteiger partial charge in [0.2, 0.25) is 0 Å². The number of hydrogen-bond donors (Lipinski definition) is 2. The van der Waals surface area contributed by atoms with Crippen LogP contribution >= 0.6 is 0 Å². The molecule has 1 fully saturated rings. The van der Waals surface area contributed by atoms with Gasteiger partial charge in [-0.15, -0.1) is 0 Å². The fourth-order valence-electron chi connectivity index (χ4n) is 2.50. The van der Waals surface area contributed by atoms with Crippen LogP contribution in [0.4, 0.5) is 11.4 Å². The molecule has 0 saturated carbocycles. The molecule has 0 bridgehead atoms. The number of likely N-dealkylation sites (N-methyl/N-ethyl adjacent to an activating group) is 1. The van der Waals surface area contributed by atoms with Gasteiger partial charge in [-0.1, -0.05) is 0 Å². The Kier molecular flexibility index (Phi) is 3.43. The van der Waals surface area contributed by atoms with Gasteiger partial charge in [-0.05, 0) is 32.2 Å². The van der Waals surface area contributed by atoms with Crippen molar-refractivity contribution in [2.24, 2.45) is 5.73 Å². The lowest BCUT2D eigenvalue weighted by Gasteiger charge is -2.40. The highest BCUT2D eigenvalue weighted by atomic mass is 16.1. The van der Waals surface area contributed by atoms with Crippen LogP contribution in [0.5, 0.6) is 0 Å². The van der Waals surface area contributed by atoms with Crippen molar-refractivity contribution in [3.05, 3.63) is 23.8 Å². The molecule has 0 aliphatic carbocycles. The number of carbonyl (C=O) groups is 1. The molecule has 0 radical (unpaired) electrons. The quantitative estimate of drug-likeness (QED) is 0.748. The Morgan fingerprint density at radius 1 is 1.39 bits per heavy atom. The Balaban J connectivity index is 2.35. The molecule has 5 nitrogen and oxygen atoms in total. The Bertz CT molecular complexity index is 460.